The third-order valence-electron chi connectivity index (χ3n) is 6.04. The molecule has 1 saturated heterocycles. The highest BCUT2D eigenvalue weighted by atomic mass is 35.5. The fraction of sp³-hybridized carbons (Fsp3) is 0.143. The van der Waals surface area contributed by atoms with Crippen molar-refractivity contribution in [1.82, 2.24) is 10.2 Å². The second kappa shape index (κ2) is 10.5. The van der Waals surface area contributed by atoms with Crippen molar-refractivity contribution >= 4 is 57.3 Å². The van der Waals surface area contributed by atoms with Crippen molar-refractivity contribution in [2.24, 2.45) is 0 Å². The molecular weight excluding hydrogens is 526 g/mol. The van der Waals surface area contributed by atoms with E-state index in [0.29, 0.717) is 26.2 Å². The van der Waals surface area contributed by atoms with Gasteiger partial charge in [0, 0.05) is 16.3 Å². The van der Waals surface area contributed by atoms with Crippen LogP contribution >= 0.6 is 34.7 Å². The molecule has 1 aromatic heterocycles. The second-order valence-corrected chi connectivity index (χ2v) is 11.3. The number of carbonyl (C=O) groups excluding carboxylic acids is 2. The van der Waals surface area contributed by atoms with Crippen LogP contribution in [0.1, 0.15) is 33.9 Å². The van der Waals surface area contributed by atoms with Crippen molar-refractivity contribution in [3.05, 3.63) is 111 Å². The molecule has 186 valence electrons. The van der Waals surface area contributed by atoms with E-state index in [1.807, 2.05) is 26.0 Å². The lowest BCUT2D eigenvalue weighted by molar-refractivity contribution is -0.132. The topological polar surface area (TPSA) is 83.4 Å². The van der Waals surface area contributed by atoms with E-state index in [1.54, 1.807) is 36.4 Å². The van der Waals surface area contributed by atoms with Crippen LogP contribution in [-0.2, 0) is 15.3 Å². The molecular formula is C28H22ClN3O3S2. The van der Waals surface area contributed by atoms with Gasteiger partial charge in [-0.1, -0.05) is 106 Å². The van der Waals surface area contributed by atoms with Crippen molar-refractivity contribution in [1.29, 1.82) is 0 Å². The quantitative estimate of drug-likeness (QED) is 0.0947. The average Bonchev–Trinajstić information content (AvgIpc) is 3.46. The van der Waals surface area contributed by atoms with Crippen LogP contribution in [0.3, 0.4) is 0 Å². The van der Waals surface area contributed by atoms with Crippen LogP contribution in [0.25, 0.3) is 5.76 Å². The summed E-state index contributed by atoms with van der Waals surface area (Å²) in [4.78, 5) is 27.9. The molecule has 0 bridgehead atoms. The summed E-state index contributed by atoms with van der Waals surface area (Å²) in [5, 5.41) is 20.5. The van der Waals surface area contributed by atoms with Gasteiger partial charge in [0.05, 0.1) is 11.6 Å². The molecule has 3 aromatic carbocycles. The van der Waals surface area contributed by atoms with Gasteiger partial charge in [0.25, 0.3) is 5.78 Å². The molecule has 6 nitrogen and oxygen atoms in total. The van der Waals surface area contributed by atoms with Crippen LogP contribution in [0.15, 0.2) is 82.7 Å². The minimum atomic E-state index is -0.874. The number of rotatable bonds is 6. The van der Waals surface area contributed by atoms with Gasteiger partial charge in [-0.05, 0) is 37.1 Å². The minimum absolute atomic E-state index is 0.000217. The van der Waals surface area contributed by atoms with Gasteiger partial charge in [-0.3, -0.25) is 14.5 Å². The Labute approximate surface area is 227 Å². The maximum Gasteiger partial charge on any atom is 0.301 e. The number of benzene rings is 3. The number of hydrogen-bond donors (Lipinski definition) is 1. The minimum Gasteiger partial charge on any atom is -0.507 e. The van der Waals surface area contributed by atoms with E-state index in [1.165, 1.54) is 33.6 Å². The van der Waals surface area contributed by atoms with Gasteiger partial charge >= 0.3 is 5.91 Å². The van der Waals surface area contributed by atoms with Crippen LogP contribution in [0.4, 0.5) is 5.13 Å². The summed E-state index contributed by atoms with van der Waals surface area (Å²) in [6.07, 6.45) is 0. The lowest BCUT2D eigenvalue weighted by atomic mass is 9.95. The lowest BCUT2D eigenvalue weighted by Gasteiger charge is -2.22. The second-order valence-electron chi connectivity index (χ2n) is 8.71. The molecule has 1 aliphatic heterocycles. The molecule has 0 radical (unpaired) electrons. The number of carbonyl (C=O) groups is 2. The van der Waals surface area contributed by atoms with Gasteiger partial charge in [-0.25, -0.2) is 0 Å². The first-order valence-electron chi connectivity index (χ1n) is 11.5. The third kappa shape index (κ3) is 5.18. The zero-order valence-electron chi connectivity index (χ0n) is 20.0. The van der Waals surface area contributed by atoms with Crippen LogP contribution in [0, 0.1) is 13.8 Å². The number of aryl methyl sites for hydroxylation is 2. The van der Waals surface area contributed by atoms with Crippen LogP contribution in [0.5, 0.6) is 0 Å². The fourth-order valence-electron chi connectivity index (χ4n) is 4.04. The highest BCUT2D eigenvalue weighted by molar-refractivity contribution is 8.00. The molecule has 1 unspecified atom stereocenters. The number of halogens is 1. The SMILES string of the molecule is Cc1ccc(CSc2nnc(N3C(=O)C(=O)/C(=C(\O)c4ccc(C)cc4)C3c3ccc(Cl)cc3)s2)cc1. The van der Waals surface area contributed by atoms with E-state index in [0.717, 1.165) is 11.1 Å². The van der Waals surface area contributed by atoms with Gasteiger partial charge < -0.3 is 5.11 Å². The molecule has 0 saturated carbocycles. The van der Waals surface area contributed by atoms with Crippen LogP contribution < -0.4 is 4.90 Å². The Hall–Kier alpha value is -3.46. The highest BCUT2D eigenvalue weighted by Gasteiger charge is 2.48. The maximum absolute atomic E-state index is 13.3. The molecule has 1 amide bonds. The number of Topliss-reactive ketones (excluding diaryl/α,β-unsaturated/α-hetero) is 1. The Balaban J connectivity index is 1.53. The molecule has 2 heterocycles. The molecule has 9 heteroatoms. The standard InChI is InChI=1S/C28H22ClN3O3S2/c1-16-3-7-18(8-4-16)15-36-28-31-30-27(37-28)32-23(19-11-13-21(29)14-12-19)22(25(34)26(32)35)24(33)20-9-5-17(2)6-10-20/h3-14,23,33H,15H2,1-2H3/b24-22-. The molecule has 1 atom stereocenters. The Bertz CT molecular complexity index is 1500. The number of nitrogens with zero attached hydrogens (tertiary/aromatic N) is 3. The summed E-state index contributed by atoms with van der Waals surface area (Å²) in [5.41, 5.74) is 4.42. The van der Waals surface area contributed by atoms with E-state index in [9.17, 15) is 14.7 Å². The van der Waals surface area contributed by atoms with Gasteiger partial charge in [-0.2, -0.15) is 0 Å². The monoisotopic (exact) mass is 547 g/mol. The summed E-state index contributed by atoms with van der Waals surface area (Å²) in [7, 11) is 0. The Morgan fingerprint density at radius 2 is 1.57 bits per heavy atom. The van der Waals surface area contributed by atoms with Crippen LogP contribution in [0.2, 0.25) is 5.02 Å². The third-order valence-corrected chi connectivity index (χ3v) is 8.42. The van der Waals surface area contributed by atoms with E-state index >= 15 is 0 Å². The number of ketones is 1. The van der Waals surface area contributed by atoms with Gasteiger partial charge in [0.1, 0.15) is 5.76 Å². The number of anilines is 1. The van der Waals surface area contributed by atoms with Crippen molar-refractivity contribution < 1.29 is 14.7 Å². The predicted octanol–water partition coefficient (Wildman–Crippen LogP) is 6.73. The smallest absolute Gasteiger partial charge is 0.301 e. The van der Waals surface area contributed by atoms with Crippen molar-refractivity contribution in [2.75, 3.05) is 4.90 Å². The molecule has 0 spiro atoms. The van der Waals surface area contributed by atoms with Gasteiger partial charge in [0.15, 0.2) is 4.34 Å². The van der Waals surface area contributed by atoms with Gasteiger partial charge in [-0.15, -0.1) is 10.2 Å². The Kier molecular flexibility index (Phi) is 7.15. The summed E-state index contributed by atoms with van der Waals surface area (Å²) in [5.74, 6) is -1.08. The van der Waals surface area contributed by atoms with E-state index in [4.69, 9.17) is 11.6 Å². The summed E-state index contributed by atoms with van der Waals surface area (Å²) in [6.45, 7) is 3.97. The molecule has 37 heavy (non-hydrogen) atoms. The van der Waals surface area contributed by atoms with E-state index < -0.39 is 17.7 Å². The molecule has 4 aromatic rings. The van der Waals surface area contributed by atoms with Crippen molar-refractivity contribution in [3.63, 3.8) is 0 Å². The largest absolute Gasteiger partial charge is 0.507 e. The summed E-state index contributed by atoms with van der Waals surface area (Å²) < 4.78 is 0.672. The first-order chi connectivity index (χ1) is 17.8. The average molecular weight is 548 g/mol. The summed E-state index contributed by atoms with van der Waals surface area (Å²) >= 11 is 8.85. The molecule has 1 N–H and O–H groups in total. The molecule has 0 aliphatic carbocycles. The fourth-order valence-corrected chi connectivity index (χ4v) is 5.99. The number of aromatic nitrogens is 2. The summed E-state index contributed by atoms with van der Waals surface area (Å²) in [6, 6.07) is 21.3. The Morgan fingerprint density at radius 1 is 0.946 bits per heavy atom. The highest BCUT2D eigenvalue weighted by Crippen LogP contribution is 2.44. The number of thioether (sulfide) groups is 1. The number of aliphatic hydroxyl groups is 1. The maximum atomic E-state index is 13.3. The normalized spacial score (nSPS) is 16.9. The first kappa shape index (κ1) is 25.2. The Morgan fingerprint density at radius 3 is 2.22 bits per heavy atom. The first-order valence-corrected chi connectivity index (χ1v) is 13.6. The predicted molar refractivity (Wildman–Crippen MR) is 148 cm³/mol. The number of amides is 1. The lowest BCUT2D eigenvalue weighted by Crippen LogP contribution is -2.29. The van der Waals surface area contributed by atoms with Gasteiger partial charge in [0.2, 0.25) is 5.13 Å². The van der Waals surface area contributed by atoms with Crippen molar-refractivity contribution in [2.45, 2.75) is 30.0 Å². The molecule has 5 rings (SSSR count). The zero-order chi connectivity index (χ0) is 26.1. The molecule has 1 aliphatic rings. The van der Waals surface area contributed by atoms with E-state index in [-0.39, 0.29) is 16.5 Å². The number of hydrogen-bond acceptors (Lipinski definition) is 7. The zero-order valence-corrected chi connectivity index (χ0v) is 22.4. The van der Waals surface area contributed by atoms with Crippen molar-refractivity contribution in [3.8, 4) is 0 Å². The van der Waals surface area contributed by atoms with E-state index in [2.05, 4.69) is 34.5 Å². The number of aliphatic hydroxyl groups excluding tert-OH is 1. The molecule has 1 fully saturated rings. The van der Waals surface area contributed by atoms with Crippen LogP contribution in [-0.4, -0.2) is 27.0 Å².